The number of halogens is 2. The average molecular weight is 440 g/mol. The van der Waals surface area contributed by atoms with Crippen LogP contribution in [0.3, 0.4) is 0 Å². The summed E-state index contributed by atoms with van der Waals surface area (Å²) >= 11 is 7.38. The van der Waals surface area contributed by atoms with Crippen LogP contribution in [-0.4, -0.2) is 33.3 Å². The summed E-state index contributed by atoms with van der Waals surface area (Å²) in [6.45, 7) is 0.812. The fourth-order valence-corrected chi connectivity index (χ4v) is 5.34. The van der Waals surface area contributed by atoms with Crippen LogP contribution in [0.1, 0.15) is 48.6 Å². The van der Waals surface area contributed by atoms with Crippen LogP contribution in [-0.2, 0) is 0 Å². The number of amides is 1. The van der Waals surface area contributed by atoms with Crippen LogP contribution in [0.2, 0.25) is 0 Å². The van der Waals surface area contributed by atoms with Gasteiger partial charge in [0.2, 0.25) is 0 Å². The molecule has 2 heterocycles. The Labute approximate surface area is 153 Å². The van der Waals surface area contributed by atoms with Crippen LogP contribution < -0.4 is 0 Å². The van der Waals surface area contributed by atoms with Gasteiger partial charge in [0, 0.05) is 23.3 Å². The highest BCUT2D eigenvalue weighted by Crippen LogP contribution is 2.39. The summed E-state index contributed by atoms with van der Waals surface area (Å²) in [5.41, 5.74) is 1.97. The first-order valence-corrected chi connectivity index (χ1v) is 10.3. The lowest BCUT2D eigenvalue weighted by Crippen LogP contribution is -2.49. The van der Waals surface area contributed by atoms with Crippen molar-refractivity contribution in [2.75, 3.05) is 11.9 Å². The highest BCUT2D eigenvalue weighted by Gasteiger charge is 2.38. The predicted octanol–water partition coefficient (Wildman–Crippen LogP) is 5.13. The van der Waals surface area contributed by atoms with Gasteiger partial charge in [-0.3, -0.25) is 4.79 Å². The van der Waals surface area contributed by atoms with Crippen molar-refractivity contribution in [3.63, 3.8) is 0 Å². The van der Waals surface area contributed by atoms with Gasteiger partial charge in [0.25, 0.3) is 5.91 Å². The molecule has 1 fully saturated rings. The number of carbonyl (C=O) groups excluding carboxylic acids is 1. The van der Waals surface area contributed by atoms with E-state index in [2.05, 4.69) is 53.5 Å². The zero-order valence-electron chi connectivity index (χ0n) is 13.0. The molecular formula is C18H20Br2N2O. The number of para-hydroxylation sites is 1. The molecule has 1 amide bonds. The van der Waals surface area contributed by atoms with Crippen molar-refractivity contribution in [2.24, 2.45) is 0 Å². The van der Waals surface area contributed by atoms with Gasteiger partial charge in [-0.15, -0.1) is 0 Å². The Morgan fingerprint density at radius 2 is 1.87 bits per heavy atom. The zero-order valence-corrected chi connectivity index (χ0v) is 16.1. The molecule has 122 valence electrons. The summed E-state index contributed by atoms with van der Waals surface area (Å²) in [6.07, 6.45) is 6.11. The van der Waals surface area contributed by atoms with Gasteiger partial charge < -0.3 is 9.47 Å². The first-order valence-electron chi connectivity index (χ1n) is 8.37. The molecule has 0 saturated heterocycles. The molecule has 2 aliphatic rings. The number of alkyl halides is 1. The number of rotatable bonds is 2. The standard InChI is InChI=1S/C18H20Br2N2O/c19-10-13-11-21(12-6-2-1-3-7-12)18(23)17-16(20)14-8-4-5-9-15(14)22(13)17/h4-5,8-9,12-13H,1-3,6-7,10-11H2. The van der Waals surface area contributed by atoms with Gasteiger partial charge in [0.05, 0.1) is 16.0 Å². The highest BCUT2D eigenvalue weighted by molar-refractivity contribution is 9.10. The van der Waals surface area contributed by atoms with E-state index in [9.17, 15) is 4.79 Å². The van der Waals surface area contributed by atoms with Crippen LogP contribution in [0.4, 0.5) is 0 Å². The minimum atomic E-state index is 0.192. The lowest BCUT2D eigenvalue weighted by molar-refractivity contribution is 0.0539. The molecule has 3 nitrogen and oxygen atoms in total. The second kappa shape index (κ2) is 6.25. The van der Waals surface area contributed by atoms with Crippen molar-refractivity contribution in [3.05, 3.63) is 34.4 Å². The van der Waals surface area contributed by atoms with E-state index >= 15 is 0 Å². The Morgan fingerprint density at radius 1 is 1.13 bits per heavy atom. The number of fused-ring (bicyclic) bond motifs is 3. The molecular weight excluding hydrogens is 420 g/mol. The van der Waals surface area contributed by atoms with E-state index in [1.54, 1.807) is 0 Å². The molecule has 0 spiro atoms. The number of nitrogens with zero attached hydrogens (tertiary/aromatic N) is 2. The maximum Gasteiger partial charge on any atom is 0.272 e. The molecule has 1 aromatic heterocycles. The average Bonchev–Trinajstić information content (AvgIpc) is 2.90. The van der Waals surface area contributed by atoms with Crippen LogP contribution >= 0.6 is 31.9 Å². The molecule has 1 saturated carbocycles. The second-order valence-electron chi connectivity index (χ2n) is 6.61. The van der Waals surface area contributed by atoms with Gasteiger partial charge in [-0.05, 0) is 34.8 Å². The van der Waals surface area contributed by atoms with Crippen molar-refractivity contribution >= 4 is 48.7 Å². The summed E-state index contributed by atoms with van der Waals surface area (Å²) in [4.78, 5) is 15.4. The highest BCUT2D eigenvalue weighted by atomic mass is 79.9. The third kappa shape index (κ3) is 2.47. The third-order valence-electron chi connectivity index (χ3n) is 5.28. The Balaban J connectivity index is 1.84. The molecule has 1 aromatic carbocycles. The maximum absolute atomic E-state index is 13.2. The quantitative estimate of drug-likeness (QED) is 0.595. The largest absolute Gasteiger partial charge is 0.332 e. The molecule has 0 N–H and O–H groups in total. The third-order valence-corrected chi connectivity index (χ3v) is 6.83. The van der Waals surface area contributed by atoms with E-state index in [0.717, 1.165) is 45.8 Å². The number of hydrogen-bond acceptors (Lipinski definition) is 1. The smallest absolute Gasteiger partial charge is 0.272 e. The summed E-state index contributed by atoms with van der Waals surface area (Å²) in [6, 6.07) is 8.99. The number of aromatic nitrogens is 1. The monoisotopic (exact) mass is 438 g/mol. The van der Waals surface area contributed by atoms with Gasteiger partial charge in [0.1, 0.15) is 5.69 Å². The topological polar surface area (TPSA) is 25.2 Å². The van der Waals surface area contributed by atoms with E-state index in [0.29, 0.717) is 12.1 Å². The maximum atomic E-state index is 13.2. The SMILES string of the molecule is O=C1c2c(Br)c3ccccc3n2C(CBr)CN1C1CCCCC1. The van der Waals surface area contributed by atoms with Crippen LogP contribution in [0.15, 0.2) is 28.7 Å². The van der Waals surface area contributed by atoms with Gasteiger partial charge in [0.15, 0.2) is 0 Å². The number of hydrogen-bond donors (Lipinski definition) is 0. The fraction of sp³-hybridized carbons (Fsp3) is 0.500. The van der Waals surface area contributed by atoms with Gasteiger partial charge in [-0.1, -0.05) is 53.4 Å². The Kier molecular flexibility index (Phi) is 4.26. The van der Waals surface area contributed by atoms with Crippen LogP contribution in [0.5, 0.6) is 0 Å². The molecule has 4 rings (SSSR count). The predicted molar refractivity (Wildman–Crippen MR) is 100 cm³/mol. The number of benzene rings is 1. The van der Waals surface area contributed by atoms with Crippen molar-refractivity contribution in [3.8, 4) is 0 Å². The van der Waals surface area contributed by atoms with Gasteiger partial charge in [-0.2, -0.15) is 0 Å². The lowest BCUT2D eigenvalue weighted by Gasteiger charge is -2.40. The van der Waals surface area contributed by atoms with Crippen molar-refractivity contribution in [1.82, 2.24) is 9.47 Å². The van der Waals surface area contributed by atoms with E-state index in [1.807, 2.05) is 12.1 Å². The fourth-order valence-electron chi connectivity index (χ4n) is 4.15. The molecule has 1 unspecified atom stereocenters. The van der Waals surface area contributed by atoms with Crippen LogP contribution in [0, 0.1) is 0 Å². The van der Waals surface area contributed by atoms with E-state index in [1.165, 1.54) is 19.3 Å². The normalized spacial score (nSPS) is 22.6. The second-order valence-corrected chi connectivity index (χ2v) is 8.05. The van der Waals surface area contributed by atoms with Crippen LogP contribution in [0.25, 0.3) is 10.9 Å². The van der Waals surface area contributed by atoms with Gasteiger partial charge >= 0.3 is 0 Å². The lowest BCUT2D eigenvalue weighted by atomic mass is 9.93. The number of carbonyl (C=O) groups is 1. The molecule has 2 aromatic rings. The Morgan fingerprint density at radius 3 is 2.61 bits per heavy atom. The van der Waals surface area contributed by atoms with Crippen molar-refractivity contribution in [1.29, 1.82) is 0 Å². The molecule has 0 bridgehead atoms. The summed E-state index contributed by atoms with van der Waals surface area (Å²) in [5.74, 6) is 0.192. The summed E-state index contributed by atoms with van der Waals surface area (Å²) in [5, 5.41) is 1.99. The molecule has 0 radical (unpaired) electrons. The zero-order chi connectivity index (χ0) is 16.0. The van der Waals surface area contributed by atoms with E-state index in [-0.39, 0.29) is 5.91 Å². The molecule has 5 heteroatoms. The minimum Gasteiger partial charge on any atom is -0.332 e. The first kappa shape index (κ1) is 15.7. The van der Waals surface area contributed by atoms with Gasteiger partial charge in [-0.25, -0.2) is 0 Å². The van der Waals surface area contributed by atoms with E-state index < -0.39 is 0 Å². The summed E-state index contributed by atoms with van der Waals surface area (Å²) in [7, 11) is 0. The minimum absolute atomic E-state index is 0.192. The molecule has 1 aliphatic heterocycles. The van der Waals surface area contributed by atoms with E-state index in [4.69, 9.17) is 0 Å². The Hall–Kier alpha value is -0.810. The van der Waals surface area contributed by atoms with Crippen molar-refractivity contribution < 1.29 is 4.79 Å². The summed E-state index contributed by atoms with van der Waals surface area (Å²) < 4.78 is 3.18. The molecule has 23 heavy (non-hydrogen) atoms. The first-order chi connectivity index (χ1) is 11.2. The molecule has 1 atom stereocenters. The molecule has 1 aliphatic carbocycles. The Bertz CT molecular complexity index is 749. The van der Waals surface area contributed by atoms with Crippen molar-refractivity contribution in [2.45, 2.75) is 44.2 Å².